The van der Waals surface area contributed by atoms with Crippen molar-refractivity contribution in [3.63, 3.8) is 0 Å². The van der Waals surface area contributed by atoms with Crippen LogP contribution in [-0.2, 0) is 39.9 Å². The molecular weight excluding hydrogens is 483 g/mol. The third kappa shape index (κ3) is 5.40. The van der Waals surface area contributed by atoms with Gasteiger partial charge in [0.2, 0.25) is 0 Å². The van der Waals surface area contributed by atoms with Crippen molar-refractivity contribution in [3.8, 4) is 11.1 Å². The first-order valence-electron chi connectivity index (χ1n) is 11.1. The lowest BCUT2D eigenvalue weighted by atomic mass is 9.92. The largest absolute Gasteiger partial charge is 0.465 e. The number of carbonyl (C=O) groups excluding carboxylic acids is 1. The molecule has 1 aliphatic carbocycles. The van der Waals surface area contributed by atoms with E-state index < -0.39 is 35.0 Å². The zero-order valence-corrected chi connectivity index (χ0v) is 19.7. The molecule has 35 heavy (non-hydrogen) atoms. The van der Waals surface area contributed by atoms with Gasteiger partial charge in [-0.05, 0) is 55.5 Å². The molecule has 4 rings (SSSR count). The molecule has 3 aromatic rings. The van der Waals surface area contributed by atoms with Crippen LogP contribution in [0.3, 0.4) is 0 Å². The molecule has 2 unspecified atom stereocenters. The molecule has 0 spiro atoms. The summed E-state index contributed by atoms with van der Waals surface area (Å²) < 4.78 is 71.7. The Morgan fingerprint density at radius 3 is 2.63 bits per heavy atom. The van der Waals surface area contributed by atoms with Gasteiger partial charge in [-0.1, -0.05) is 30.3 Å². The Morgan fingerprint density at radius 2 is 1.97 bits per heavy atom. The summed E-state index contributed by atoms with van der Waals surface area (Å²) in [6.07, 6.45) is -1.53. The second-order valence-corrected chi connectivity index (χ2v) is 8.96. The molecule has 0 radical (unpaired) electrons. The molecule has 0 aliphatic heterocycles. The standard InChI is InChI=1S/C24H24F3N3O4S/c1-2-34-23(31)15-29-21-9-6-10-22(20(21)14-28-29)30(35(32)33)19-12-17(16-7-4-3-5-8-16)11-18(13-19)24(25,26)27/h3-5,7-8,11-14,22H,2,6,9-10,15H2,1H3,(H,32,33). The van der Waals surface area contributed by atoms with Crippen molar-refractivity contribution < 1.29 is 31.5 Å². The summed E-state index contributed by atoms with van der Waals surface area (Å²) >= 11 is -2.63. The molecule has 1 aromatic heterocycles. The maximum atomic E-state index is 13.8. The number of rotatable bonds is 7. The first-order chi connectivity index (χ1) is 16.7. The molecule has 2 atom stereocenters. The number of fused-ring (bicyclic) bond motifs is 1. The van der Waals surface area contributed by atoms with Crippen molar-refractivity contribution in [3.05, 3.63) is 71.5 Å². The van der Waals surface area contributed by atoms with Crippen LogP contribution >= 0.6 is 0 Å². The molecule has 0 saturated carbocycles. The minimum absolute atomic E-state index is 0.0319. The summed E-state index contributed by atoms with van der Waals surface area (Å²) in [5.74, 6) is -0.464. The van der Waals surface area contributed by atoms with Gasteiger partial charge in [-0.3, -0.25) is 18.3 Å². The van der Waals surface area contributed by atoms with Crippen molar-refractivity contribution in [1.29, 1.82) is 0 Å². The Bertz CT molecular complexity index is 1230. The minimum Gasteiger partial charge on any atom is -0.465 e. The number of hydrogen-bond donors (Lipinski definition) is 1. The van der Waals surface area contributed by atoms with Crippen LogP contribution in [0, 0.1) is 0 Å². The maximum absolute atomic E-state index is 13.8. The van der Waals surface area contributed by atoms with Crippen LogP contribution in [0.15, 0.2) is 54.7 Å². The van der Waals surface area contributed by atoms with Gasteiger partial charge in [-0.2, -0.15) is 18.3 Å². The summed E-state index contributed by atoms with van der Waals surface area (Å²) in [5.41, 5.74) is 1.17. The molecule has 2 aromatic carbocycles. The number of anilines is 1. The Morgan fingerprint density at radius 1 is 1.23 bits per heavy atom. The van der Waals surface area contributed by atoms with Crippen molar-refractivity contribution in [1.82, 2.24) is 9.78 Å². The van der Waals surface area contributed by atoms with E-state index in [0.29, 0.717) is 36.1 Å². The van der Waals surface area contributed by atoms with E-state index in [4.69, 9.17) is 4.74 Å². The number of ether oxygens (including phenoxy) is 1. The summed E-state index contributed by atoms with van der Waals surface area (Å²) in [5, 5.41) is 4.26. The van der Waals surface area contributed by atoms with Crippen molar-refractivity contribution in [2.75, 3.05) is 10.9 Å². The van der Waals surface area contributed by atoms with Gasteiger partial charge in [-0.25, -0.2) is 4.21 Å². The molecule has 0 amide bonds. The van der Waals surface area contributed by atoms with Crippen LogP contribution in [0.2, 0.25) is 0 Å². The predicted molar refractivity (Wildman–Crippen MR) is 125 cm³/mol. The van der Waals surface area contributed by atoms with Gasteiger partial charge in [0.1, 0.15) is 6.54 Å². The molecule has 7 nitrogen and oxygen atoms in total. The summed E-state index contributed by atoms with van der Waals surface area (Å²) in [4.78, 5) is 12.0. The fraction of sp³-hybridized carbons (Fsp3) is 0.333. The molecule has 0 bridgehead atoms. The highest BCUT2D eigenvalue weighted by molar-refractivity contribution is 7.80. The average molecular weight is 508 g/mol. The van der Waals surface area contributed by atoms with Gasteiger partial charge < -0.3 is 4.74 Å². The third-order valence-electron chi connectivity index (χ3n) is 5.87. The number of aromatic nitrogens is 2. The quantitative estimate of drug-likeness (QED) is 0.353. The van der Waals surface area contributed by atoms with Crippen LogP contribution < -0.4 is 4.31 Å². The van der Waals surface area contributed by atoms with E-state index in [1.807, 2.05) is 0 Å². The minimum atomic E-state index is -4.65. The number of carbonyl (C=O) groups is 1. The Kier molecular flexibility index (Phi) is 7.27. The number of alkyl halides is 3. The number of hydrogen-bond acceptors (Lipinski definition) is 4. The molecular formula is C24H24F3N3O4S. The van der Waals surface area contributed by atoms with Crippen LogP contribution in [0.5, 0.6) is 0 Å². The van der Waals surface area contributed by atoms with E-state index >= 15 is 0 Å². The fourth-order valence-electron chi connectivity index (χ4n) is 4.38. The van der Waals surface area contributed by atoms with Gasteiger partial charge in [0.15, 0.2) is 0 Å². The van der Waals surface area contributed by atoms with Crippen LogP contribution in [-0.4, -0.2) is 31.1 Å². The van der Waals surface area contributed by atoms with Crippen LogP contribution in [0.4, 0.5) is 18.9 Å². The van der Waals surface area contributed by atoms with Crippen LogP contribution in [0.25, 0.3) is 11.1 Å². The predicted octanol–water partition coefficient (Wildman–Crippen LogP) is 5.15. The molecule has 11 heteroatoms. The van der Waals surface area contributed by atoms with E-state index in [1.165, 1.54) is 16.9 Å². The molecule has 1 heterocycles. The highest BCUT2D eigenvalue weighted by atomic mass is 32.2. The second kappa shape index (κ2) is 10.2. The van der Waals surface area contributed by atoms with Gasteiger partial charge in [-0.15, -0.1) is 0 Å². The van der Waals surface area contributed by atoms with Gasteiger partial charge in [0.05, 0.1) is 30.1 Å². The lowest BCUT2D eigenvalue weighted by molar-refractivity contribution is -0.144. The zero-order chi connectivity index (χ0) is 25.2. The highest BCUT2D eigenvalue weighted by Crippen LogP contribution is 2.41. The first-order valence-corrected chi connectivity index (χ1v) is 12.1. The van der Waals surface area contributed by atoms with Gasteiger partial charge in [0, 0.05) is 11.3 Å². The average Bonchev–Trinajstić information content (AvgIpc) is 3.22. The van der Waals surface area contributed by atoms with E-state index in [-0.39, 0.29) is 24.4 Å². The normalized spacial score (nSPS) is 16.4. The third-order valence-corrected chi connectivity index (χ3v) is 6.68. The smallest absolute Gasteiger partial charge is 0.416 e. The molecule has 1 N–H and O–H groups in total. The second-order valence-electron chi connectivity index (χ2n) is 8.11. The molecule has 1 aliphatic rings. The number of esters is 1. The number of benzene rings is 2. The Labute approximate surface area is 202 Å². The number of nitrogens with zero attached hydrogens (tertiary/aromatic N) is 3. The fourth-order valence-corrected chi connectivity index (χ4v) is 5.10. The molecule has 0 fully saturated rings. The summed E-state index contributed by atoms with van der Waals surface area (Å²) in [6.45, 7) is 1.81. The van der Waals surface area contributed by atoms with E-state index in [2.05, 4.69) is 5.10 Å². The van der Waals surface area contributed by atoms with Crippen molar-refractivity contribution in [2.45, 2.75) is 44.9 Å². The van der Waals surface area contributed by atoms with E-state index in [0.717, 1.165) is 16.4 Å². The Hall–Kier alpha value is -3.18. The van der Waals surface area contributed by atoms with E-state index in [9.17, 15) is 26.7 Å². The van der Waals surface area contributed by atoms with Crippen molar-refractivity contribution >= 4 is 22.9 Å². The maximum Gasteiger partial charge on any atom is 0.416 e. The monoisotopic (exact) mass is 507 g/mol. The van der Waals surface area contributed by atoms with Crippen LogP contribution in [0.1, 0.15) is 42.6 Å². The van der Waals surface area contributed by atoms with Crippen molar-refractivity contribution in [2.24, 2.45) is 0 Å². The molecule has 0 saturated heterocycles. The lowest BCUT2D eigenvalue weighted by Gasteiger charge is -2.33. The van der Waals surface area contributed by atoms with Gasteiger partial charge in [0.25, 0.3) is 11.3 Å². The van der Waals surface area contributed by atoms with Gasteiger partial charge >= 0.3 is 12.1 Å². The molecule has 186 valence electrons. The Balaban J connectivity index is 1.78. The SMILES string of the molecule is CCOC(=O)Cn1ncc2c1CCCC2N(c1cc(-c2ccccc2)cc(C(F)(F)F)c1)S(=O)O. The lowest BCUT2D eigenvalue weighted by Crippen LogP contribution is -2.33. The first kappa shape index (κ1) is 24.9. The summed E-state index contributed by atoms with van der Waals surface area (Å²) in [7, 11) is 0. The zero-order valence-electron chi connectivity index (χ0n) is 18.9. The summed E-state index contributed by atoms with van der Waals surface area (Å²) in [6, 6.07) is 11.2. The number of halogens is 3. The highest BCUT2D eigenvalue weighted by Gasteiger charge is 2.36. The topological polar surface area (TPSA) is 84.7 Å². The van der Waals surface area contributed by atoms with E-state index in [1.54, 1.807) is 37.3 Å².